The first-order valence-corrected chi connectivity index (χ1v) is 8.64. The van der Waals surface area contributed by atoms with Gasteiger partial charge in [-0.3, -0.25) is 4.79 Å². The van der Waals surface area contributed by atoms with Crippen molar-refractivity contribution in [2.45, 2.75) is 64.0 Å². The molecule has 1 aliphatic rings. The third kappa shape index (κ3) is 5.33. The van der Waals surface area contributed by atoms with Crippen LogP contribution in [0.2, 0.25) is 0 Å². The molecule has 1 saturated heterocycles. The number of hydrogen-bond acceptors (Lipinski definition) is 3. The third-order valence-corrected chi connectivity index (χ3v) is 4.58. The molecular formula is C19H29NO3. The molecule has 1 aromatic rings. The Morgan fingerprint density at radius 2 is 1.96 bits per heavy atom. The van der Waals surface area contributed by atoms with Crippen LogP contribution in [0, 0.1) is 0 Å². The highest BCUT2D eigenvalue weighted by Crippen LogP contribution is 2.22. The van der Waals surface area contributed by atoms with Crippen molar-refractivity contribution in [3.63, 3.8) is 0 Å². The SMILES string of the molecule is CC(C)(O)CCc1ccc(C(=O)N2CCCC[C@H]2CCO)cc1. The number of aliphatic hydroxyl groups excluding tert-OH is 1. The Balaban J connectivity index is 2.01. The van der Waals surface area contributed by atoms with E-state index in [4.69, 9.17) is 0 Å². The highest BCUT2D eigenvalue weighted by Gasteiger charge is 2.26. The fourth-order valence-corrected chi connectivity index (χ4v) is 3.15. The van der Waals surface area contributed by atoms with Gasteiger partial charge in [-0.05, 0) is 70.1 Å². The Kier molecular flexibility index (Phi) is 6.19. The summed E-state index contributed by atoms with van der Waals surface area (Å²) in [5.41, 5.74) is 1.18. The monoisotopic (exact) mass is 319 g/mol. The third-order valence-electron chi connectivity index (χ3n) is 4.58. The van der Waals surface area contributed by atoms with Crippen LogP contribution in [0.1, 0.15) is 61.9 Å². The van der Waals surface area contributed by atoms with Gasteiger partial charge in [0.15, 0.2) is 0 Å². The van der Waals surface area contributed by atoms with E-state index in [1.165, 1.54) is 0 Å². The molecular weight excluding hydrogens is 290 g/mol. The van der Waals surface area contributed by atoms with Gasteiger partial charge in [-0.25, -0.2) is 0 Å². The van der Waals surface area contributed by atoms with Crippen molar-refractivity contribution in [1.82, 2.24) is 4.90 Å². The number of aryl methyl sites for hydroxylation is 1. The molecule has 128 valence electrons. The van der Waals surface area contributed by atoms with E-state index in [9.17, 15) is 15.0 Å². The van der Waals surface area contributed by atoms with Crippen LogP contribution in [0.4, 0.5) is 0 Å². The second kappa shape index (κ2) is 7.93. The zero-order valence-corrected chi connectivity index (χ0v) is 14.3. The van der Waals surface area contributed by atoms with Gasteiger partial charge in [0.05, 0.1) is 5.60 Å². The minimum Gasteiger partial charge on any atom is -0.396 e. The molecule has 1 fully saturated rings. The first kappa shape index (κ1) is 18.0. The molecule has 0 spiro atoms. The molecule has 0 aliphatic carbocycles. The van der Waals surface area contributed by atoms with E-state index in [1.807, 2.05) is 43.0 Å². The summed E-state index contributed by atoms with van der Waals surface area (Å²) in [6.07, 6.45) is 5.31. The van der Waals surface area contributed by atoms with Gasteiger partial charge < -0.3 is 15.1 Å². The molecule has 1 amide bonds. The minimum atomic E-state index is -0.667. The lowest BCUT2D eigenvalue weighted by Crippen LogP contribution is -2.44. The summed E-state index contributed by atoms with van der Waals surface area (Å²) in [6.45, 7) is 4.53. The zero-order chi connectivity index (χ0) is 16.9. The molecule has 23 heavy (non-hydrogen) atoms. The van der Waals surface area contributed by atoms with E-state index in [0.29, 0.717) is 18.4 Å². The highest BCUT2D eigenvalue weighted by atomic mass is 16.3. The number of carbonyl (C=O) groups excluding carboxylic acids is 1. The van der Waals surface area contributed by atoms with Crippen molar-refractivity contribution in [2.75, 3.05) is 13.2 Å². The van der Waals surface area contributed by atoms with Crippen LogP contribution < -0.4 is 0 Å². The fourth-order valence-electron chi connectivity index (χ4n) is 3.15. The van der Waals surface area contributed by atoms with Gasteiger partial charge in [-0.1, -0.05) is 12.1 Å². The molecule has 1 aromatic carbocycles. The summed E-state index contributed by atoms with van der Waals surface area (Å²) in [4.78, 5) is 14.6. The quantitative estimate of drug-likeness (QED) is 0.847. The summed E-state index contributed by atoms with van der Waals surface area (Å²) in [5.74, 6) is 0.0668. The maximum atomic E-state index is 12.7. The summed E-state index contributed by atoms with van der Waals surface area (Å²) in [5, 5.41) is 19.0. The van der Waals surface area contributed by atoms with Crippen LogP contribution in [0.5, 0.6) is 0 Å². The van der Waals surface area contributed by atoms with Crippen LogP contribution in [-0.4, -0.2) is 45.8 Å². The van der Waals surface area contributed by atoms with Crippen molar-refractivity contribution in [3.05, 3.63) is 35.4 Å². The molecule has 0 unspecified atom stereocenters. The largest absolute Gasteiger partial charge is 0.396 e. The maximum absolute atomic E-state index is 12.7. The number of carbonyl (C=O) groups is 1. The molecule has 0 bridgehead atoms. The van der Waals surface area contributed by atoms with Crippen LogP contribution >= 0.6 is 0 Å². The van der Waals surface area contributed by atoms with Gasteiger partial charge in [-0.2, -0.15) is 0 Å². The number of benzene rings is 1. The van der Waals surface area contributed by atoms with E-state index in [0.717, 1.165) is 37.8 Å². The summed E-state index contributed by atoms with van der Waals surface area (Å²) >= 11 is 0. The first-order chi connectivity index (χ1) is 10.9. The number of rotatable bonds is 6. The van der Waals surface area contributed by atoms with E-state index in [-0.39, 0.29) is 18.6 Å². The van der Waals surface area contributed by atoms with Gasteiger partial charge in [0.1, 0.15) is 0 Å². The summed E-state index contributed by atoms with van der Waals surface area (Å²) < 4.78 is 0. The molecule has 1 aliphatic heterocycles. The molecule has 4 nitrogen and oxygen atoms in total. The topological polar surface area (TPSA) is 60.8 Å². The zero-order valence-electron chi connectivity index (χ0n) is 14.3. The molecule has 4 heteroatoms. The Hall–Kier alpha value is -1.39. The van der Waals surface area contributed by atoms with Crippen molar-refractivity contribution < 1.29 is 15.0 Å². The number of piperidine rings is 1. The smallest absolute Gasteiger partial charge is 0.254 e. The van der Waals surface area contributed by atoms with E-state index >= 15 is 0 Å². The number of hydrogen-bond donors (Lipinski definition) is 2. The average Bonchev–Trinajstić information content (AvgIpc) is 2.53. The predicted octanol–water partition coefficient (Wildman–Crippen LogP) is 2.77. The lowest BCUT2D eigenvalue weighted by Gasteiger charge is -2.35. The van der Waals surface area contributed by atoms with Crippen LogP contribution in [0.15, 0.2) is 24.3 Å². The number of aliphatic hydroxyl groups is 2. The summed E-state index contributed by atoms with van der Waals surface area (Å²) in [7, 11) is 0. The predicted molar refractivity (Wildman–Crippen MR) is 91.4 cm³/mol. The minimum absolute atomic E-state index is 0.0668. The van der Waals surface area contributed by atoms with Gasteiger partial charge in [-0.15, -0.1) is 0 Å². The lowest BCUT2D eigenvalue weighted by atomic mass is 9.96. The molecule has 1 heterocycles. The molecule has 0 saturated carbocycles. The molecule has 1 atom stereocenters. The number of amides is 1. The van der Waals surface area contributed by atoms with Crippen molar-refractivity contribution in [3.8, 4) is 0 Å². The Labute approximate surface area is 139 Å². The highest BCUT2D eigenvalue weighted by molar-refractivity contribution is 5.94. The summed E-state index contributed by atoms with van der Waals surface area (Å²) in [6, 6.07) is 7.88. The van der Waals surface area contributed by atoms with Crippen LogP contribution in [0.25, 0.3) is 0 Å². The second-order valence-corrected chi connectivity index (χ2v) is 7.17. The van der Waals surface area contributed by atoms with Gasteiger partial charge in [0.25, 0.3) is 5.91 Å². The van der Waals surface area contributed by atoms with Crippen LogP contribution in [-0.2, 0) is 6.42 Å². The molecule has 2 rings (SSSR count). The maximum Gasteiger partial charge on any atom is 0.254 e. The van der Waals surface area contributed by atoms with Gasteiger partial charge in [0, 0.05) is 24.8 Å². The lowest BCUT2D eigenvalue weighted by molar-refractivity contribution is 0.0574. The van der Waals surface area contributed by atoms with Gasteiger partial charge >= 0.3 is 0 Å². The number of likely N-dealkylation sites (tertiary alicyclic amines) is 1. The average molecular weight is 319 g/mol. The van der Waals surface area contributed by atoms with Gasteiger partial charge in [0.2, 0.25) is 0 Å². The van der Waals surface area contributed by atoms with Crippen molar-refractivity contribution >= 4 is 5.91 Å². The molecule has 0 aromatic heterocycles. The van der Waals surface area contributed by atoms with Crippen LogP contribution in [0.3, 0.4) is 0 Å². The van der Waals surface area contributed by atoms with Crippen molar-refractivity contribution in [2.24, 2.45) is 0 Å². The Morgan fingerprint density at radius 1 is 1.26 bits per heavy atom. The Morgan fingerprint density at radius 3 is 2.57 bits per heavy atom. The standard InChI is InChI=1S/C19H29NO3/c1-19(2,23)12-10-15-6-8-16(9-7-15)18(22)20-13-4-3-5-17(20)11-14-21/h6-9,17,21,23H,3-5,10-14H2,1-2H3/t17-/m0/s1. The van der Waals surface area contributed by atoms with E-state index in [1.54, 1.807) is 0 Å². The van der Waals surface area contributed by atoms with E-state index in [2.05, 4.69) is 0 Å². The first-order valence-electron chi connectivity index (χ1n) is 8.64. The van der Waals surface area contributed by atoms with Crippen molar-refractivity contribution in [1.29, 1.82) is 0 Å². The number of nitrogens with zero attached hydrogens (tertiary/aromatic N) is 1. The molecule has 2 N–H and O–H groups in total. The Bertz CT molecular complexity index is 502. The molecule has 0 radical (unpaired) electrons. The second-order valence-electron chi connectivity index (χ2n) is 7.17. The van der Waals surface area contributed by atoms with E-state index < -0.39 is 5.60 Å². The normalized spacial score (nSPS) is 19.0. The fraction of sp³-hybridized carbons (Fsp3) is 0.632.